The first-order chi connectivity index (χ1) is 15.1. The number of hydrogen-bond acceptors (Lipinski definition) is 6. The number of benzene rings is 1. The molecule has 31 heavy (non-hydrogen) atoms. The lowest BCUT2D eigenvalue weighted by Crippen LogP contribution is -2.48. The highest BCUT2D eigenvalue weighted by Gasteiger charge is 2.19. The van der Waals surface area contributed by atoms with E-state index in [2.05, 4.69) is 50.5 Å². The predicted octanol–water partition coefficient (Wildman–Crippen LogP) is 3.01. The molecule has 1 saturated heterocycles. The van der Waals surface area contributed by atoms with Crippen LogP contribution < -0.4 is 4.90 Å². The van der Waals surface area contributed by atoms with Gasteiger partial charge in [-0.1, -0.05) is 12.1 Å². The Morgan fingerprint density at radius 3 is 2.55 bits per heavy atom. The number of para-hydroxylation sites is 2. The van der Waals surface area contributed by atoms with Gasteiger partial charge in [0.1, 0.15) is 11.6 Å². The van der Waals surface area contributed by atoms with Gasteiger partial charge in [-0.25, -0.2) is 9.97 Å². The third kappa shape index (κ3) is 5.18. The van der Waals surface area contributed by atoms with Crippen molar-refractivity contribution in [2.45, 2.75) is 6.92 Å². The van der Waals surface area contributed by atoms with Crippen LogP contribution in [0.15, 0.2) is 60.0 Å². The van der Waals surface area contributed by atoms with Crippen molar-refractivity contribution >= 4 is 17.7 Å². The number of aliphatic imine (C=N–C) groups is 1. The molecule has 0 unspecified atom stereocenters. The highest BCUT2D eigenvalue weighted by Crippen LogP contribution is 2.25. The van der Waals surface area contributed by atoms with Crippen molar-refractivity contribution in [3.05, 3.63) is 66.4 Å². The van der Waals surface area contributed by atoms with Gasteiger partial charge < -0.3 is 14.4 Å². The lowest BCUT2D eigenvalue weighted by Gasteiger charge is -2.36. The minimum absolute atomic E-state index is 0.909. The van der Waals surface area contributed by atoms with E-state index in [1.807, 2.05) is 56.0 Å². The Morgan fingerprint density at radius 2 is 1.81 bits per heavy atom. The summed E-state index contributed by atoms with van der Waals surface area (Å²) in [7, 11) is 4.25. The van der Waals surface area contributed by atoms with Crippen LogP contribution in [-0.2, 0) is 0 Å². The van der Waals surface area contributed by atoms with Crippen molar-refractivity contribution in [3.63, 3.8) is 0 Å². The van der Waals surface area contributed by atoms with Crippen molar-refractivity contribution in [2.75, 3.05) is 58.3 Å². The Kier molecular flexibility index (Phi) is 6.74. The van der Waals surface area contributed by atoms with E-state index >= 15 is 0 Å². The standard InChI is InChI=1S/C24H31N7/c1-20-25-11-12-31(20)23-9-5-4-8-22(23)27-19-21-7-6-10-26-24(21)30-17-15-29(16-18-30)14-13-28(2)3/h4-12,19H,13-18H2,1-3H3. The van der Waals surface area contributed by atoms with Crippen molar-refractivity contribution in [3.8, 4) is 5.69 Å². The summed E-state index contributed by atoms with van der Waals surface area (Å²) in [5.74, 6) is 1.95. The normalized spacial score (nSPS) is 15.3. The Balaban J connectivity index is 1.51. The number of likely N-dealkylation sites (N-methyl/N-ethyl adjacent to an activating group) is 1. The fraction of sp³-hybridized carbons (Fsp3) is 0.375. The fourth-order valence-electron chi connectivity index (χ4n) is 3.85. The van der Waals surface area contributed by atoms with E-state index in [4.69, 9.17) is 9.98 Å². The zero-order valence-corrected chi connectivity index (χ0v) is 18.6. The highest BCUT2D eigenvalue weighted by atomic mass is 15.3. The molecule has 0 saturated carbocycles. The molecular weight excluding hydrogens is 386 g/mol. The number of pyridine rings is 1. The second-order valence-corrected chi connectivity index (χ2v) is 8.14. The molecule has 0 amide bonds. The molecule has 0 aliphatic carbocycles. The molecule has 7 nitrogen and oxygen atoms in total. The third-order valence-electron chi connectivity index (χ3n) is 5.66. The SMILES string of the molecule is Cc1nccn1-c1ccccc1N=Cc1cccnc1N1CCN(CCN(C)C)CC1. The molecule has 1 aromatic carbocycles. The second-order valence-electron chi connectivity index (χ2n) is 8.14. The Bertz CT molecular complexity index is 1020. The van der Waals surface area contributed by atoms with E-state index < -0.39 is 0 Å². The zero-order valence-electron chi connectivity index (χ0n) is 18.6. The maximum absolute atomic E-state index is 4.84. The van der Waals surface area contributed by atoms with Gasteiger partial charge in [-0.2, -0.15) is 0 Å². The molecule has 0 atom stereocenters. The zero-order chi connectivity index (χ0) is 21.6. The van der Waals surface area contributed by atoms with Crippen molar-refractivity contribution < 1.29 is 0 Å². The second kappa shape index (κ2) is 9.85. The van der Waals surface area contributed by atoms with Crippen LogP contribution in [0.3, 0.4) is 0 Å². The van der Waals surface area contributed by atoms with Gasteiger partial charge in [0.2, 0.25) is 0 Å². The number of anilines is 1. The molecule has 0 N–H and O–H groups in total. The Labute approximate surface area is 184 Å². The quantitative estimate of drug-likeness (QED) is 0.553. The average Bonchev–Trinajstić information content (AvgIpc) is 3.22. The topological polar surface area (TPSA) is 52.8 Å². The molecule has 7 heteroatoms. The average molecular weight is 418 g/mol. The maximum atomic E-state index is 4.84. The minimum atomic E-state index is 0.909. The largest absolute Gasteiger partial charge is 0.354 e. The van der Waals surface area contributed by atoms with E-state index in [1.165, 1.54) is 0 Å². The number of hydrogen-bond donors (Lipinski definition) is 0. The highest BCUT2D eigenvalue weighted by molar-refractivity contribution is 5.89. The fourth-order valence-corrected chi connectivity index (χ4v) is 3.85. The summed E-state index contributed by atoms with van der Waals surface area (Å²) in [5, 5.41) is 0. The van der Waals surface area contributed by atoms with Gasteiger partial charge in [0, 0.05) is 69.6 Å². The number of rotatable bonds is 7. The predicted molar refractivity (Wildman–Crippen MR) is 127 cm³/mol. The number of aryl methyl sites for hydroxylation is 1. The van der Waals surface area contributed by atoms with Gasteiger partial charge in [-0.3, -0.25) is 9.89 Å². The first-order valence-electron chi connectivity index (χ1n) is 10.8. The molecule has 0 radical (unpaired) electrons. The number of piperazine rings is 1. The van der Waals surface area contributed by atoms with E-state index in [0.717, 1.165) is 67.8 Å². The molecule has 0 bridgehead atoms. The van der Waals surface area contributed by atoms with Crippen molar-refractivity contribution in [2.24, 2.45) is 4.99 Å². The molecule has 1 aliphatic rings. The van der Waals surface area contributed by atoms with Gasteiger partial charge >= 0.3 is 0 Å². The summed E-state index contributed by atoms with van der Waals surface area (Å²) >= 11 is 0. The Hall–Kier alpha value is -3.03. The first kappa shape index (κ1) is 21.2. The van der Waals surface area contributed by atoms with Crippen LogP contribution in [-0.4, -0.2) is 83.9 Å². The summed E-state index contributed by atoms with van der Waals surface area (Å²) in [4.78, 5) is 21.0. The van der Waals surface area contributed by atoms with Crippen LogP contribution in [0, 0.1) is 6.92 Å². The summed E-state index contributed by atoms with van der Waals surface area (Å²) in [5.41, 5.74) is 2.97. The molecule has 1 fully saturated rings. The monoisotopic (exact) mass is 417 g/mol. The van der Waals surface area contributed by atoms with E-state index in [9.17, 15) is 0 Å². The molecule has 3 aromatic rings. The van der Waals surface area contributed by atoms with Crippen LogP contribution in [0.5, 0.6) is 0 Å². The molecule has 0 spiro atoms. The molecular formula is C24H31N7. The molecule has 1 aliphatic heterocycles. The molecule has 4 rings (SSSR count). The lowest BCUT2D eigenvalue weighted by atomic mass is 10.2. The van der Waals surface area contributed by atoms with E-state index in [0.29, 0.717) is 0 Å². The van der Waals surface area contributed by atoms with Crippen LogP contribution in [0.25, 0.3) is 5.69 Å². The van der Waals surface area contributed by atoms with Crippen molar-refractivity contribution in [1.82, 2.24) is 24.3 Å². The van der Waals surface area contributed by atoms with Crippen molar-refractivity contribution in [1.29, 1.82) is 0 Å². The van der Waals surface area contributed by atoms with Crippen LogP contribution in [0.2, 0.25) is 0 Å². The first-order valence-corrected chi connectivity index (χ1v) is 10.8. The number of aromatic nitrogens is 3. The molecule has 162 valence electrons. The number of imidazole rings is 1. The molecule has 3 heterocycles. The van der Waals surface area contributed by atoms with Gasteiger partial charge in [0.25, 0.3) is 0 Å². The van der Waals surface area contributed by atoms with E-state index in [-0.39, 0.29) is 0 Å². The van der Waals surface area contributed by atoms with Crippen LogP contribution in [0.1, 0.15) is 11.4 Å². The maximum Gasteiger partial charge on any atom is 0.137 e. The van der Waals surface area contributed by atoms with Gasteiger partial charge in [-0.15, -0.1) is 0 Å². The minimum Gasteiger partial charge on any atom is -0.354 e. The van der Waals surface area contributed by atoms with Gasteiger partial charge in [0.05, 0.1) is 11.4 Å². The van der Waals surface area contributed by atoms with Gasteiger partial charge in [0.15, 0.2) is 0 Å². The van der Waals surface area contributed by atoms with Crippen LogP contribution in [0.4, 0.5) is 11.5 Å². The Morgan fingerprint density at radius 1 is 1.00 bits per heavy atom. The summed E-state index contributed by atoms with van der Waals surface area (Å²) in [6, 6.07) is 12.2. The smallest absolute Gasteiger partial charge is 0.137 e. The summed E-state index contributed by atoms with van der Waals surface area (Å²) in [6.07, 6.45) is 7.59. The number of nitrogens with zero attached hydrogens (tertiary/aromatic N) is 7. The summed E-state index contributed by atoms with van der Waals surface area (Å²) in [6.45, 7) is 8.29. The summed E-state index contributed by atoms with van der Waals surface area (Å²) < 4.78 is 2.06. The third-order valence-corrected chi connectivity index (χ3v) is 5.66. The lowest BCUT2D eigenvalue weighted by molar-refractivity contribution is 0.229. The molecule has 2 aromatic heterocycles. The van der Waals surface area contributed by atoms with E-state index in [1.54, 1.807) is 0 Å². The van der Waals surface area contributed by atoms with Crippen LogP contribution >= 0.6 is 0 Å². The van der Waals surface area contributed by atoms with Gasteiger partial charge in [-0.05, 0) is 45.3 Å².